The molecule has 96 valence electrons. The van der Waals surface area contributed by atoms with E-state index in [1.807, 2.05) is 0 Å². The third kappa shape index (κ3) is 2.85. The predicted molar refractivity (Wildman–Crippen MR) is 65.7 cm³/mol. The lowest BCUT2D eigenvalue weighted by atomic mass is 10.1. The van der Waals surface area contributed by atoms with E-state index >= 15 is 0 Å². The van der Waals surface area contributed by atoms with E-state index in [2.05, 4.69) is 9.99 Å². The van der Waals surface area contributed by atoms with Gasteiger partial charge in [0.1, 0.15) is 11.7 Å². The van der Waals surface area contributed by atoms with Crippen LogP contribution in [-0.4, -0.2) is 11.8 Å². The number of rotatable bonds is 4. The molecule has 0 bridgehead atoms. The lowest BCUT2D eigenvalue weighted by Gasteiger charge is -2.04. The van der Waals surface area contributed by atoms with Gasteiger partial charge in [0.15, 0.2) is 0 Å². The molecule has 18 heavy (non-hydrogen) atoms. The average Bonchev–Trinajstić information content (AvgIpc) is 3.20. The summed E-state index contributed by atoms with van der Waals surface area (Å²) in [4.78, 5) is 16.3. The number of carbonyl (C=O) groups excluding carboxylic acids is 1. The van der Waals surface area contributed by atoms with Gasteiger partial charge in [0.05, 0.1) is 5.56 Å². The fourth-order valence-electron chi connectivity index (χ4n) is 1.60. The Hall–Kier alpha value is -1.91. The van der Waals surface area contributed by atoms with Crippen LogP contribution in [-0.2, 0) is 4.84 Å². The molecule has 0 aliphatic heterocycles. The second-order valence-corrected chi connectivity index (χ2v) is 4.33. The van der Waals surface area contributed by atoms with Crippen LogP contribution in [0.25, 0.3) is 0 Å². The third-order valence-corrected chi connectivity index (χ3v) is 2.86. The van der Waals surface area contributed by atoms with E-state index in [4.69, 9.17) is 5.73 Å². The van der Waals surface area contributed by atoms with Crippen LogP contribution in [0.1, 0.15) is 48.0 Å². The highest BCUT2D eigenvalue weighted by Gasteiger charge is 2.27. The molecule has 0 saturated heterocycles. The van der Waals surface area contributed by atoms with Crippen LogP contribution in [0, 0.1) is 5.82 Å². The van der Waals surface area contributed by atoms with Gasteiger partial charge in [-0.25, -0.2) is 9.18 Å². The van der Waals surface area contributed by atoms with Crippen LogP contribution >= 0.6 is 0 Å². The van der Waals surface area contributed by atoms with Gasteiger partial charge in [-0.15, -0.1) is 0 Å². The predicted octanol–water partition coefficient (Wildman–Crippen LogP) is 2.54. The first-order chi connectivity index (χ1) is 8.61. The molecule has 1 fully saturated rings. The van der Waals surface area contributed by atoms with Crippen molar-refractivity contribution in [3.8, 4) is 0 Å². The minimum absolute atomic E-state index is 0.238. The molecule has 1 aromatic carbocycles. The van der Waals surface area contributed by atoms with E-state index in [0.29, 0.717) is 17.5 Å². The largest absolute Gasteiger partial charge is 0.384 e. The number of carbonyl (C=O) groups is 1. The van der Waals surface area contributed by atoms with Gasteiger partial charge in [0.2, 0.25) is 0 Å². The SMILES string of the molecule is CC/C(N)=N/OC(=O)c1ccc(F)c(C2CC2)c1. The van der Waals surface area contributed by atoms with Crippen molar-refractivity contribution in [2.24, 2.45) is 10.9 Å². The normalized spacial score (nSPS) is 15.6. The van der Waals surface area contributed by atoms with Crippen molar-refractivity contribution in [1.29, 1.82) is 0 Å². The number of hydrogen-bond donors (Lipinski definition) is 1. The lowest BCUT2D eigenvalue weighted by Crippen LogP contribution is -2.12. The van der Waals surface area contributed by atoms with Gasteiger partial charge < -0.3 is 10.6 Å². The summed E-state index contributed by atoms with van der Waals surface area (Å²) < 4.78 is 13.5. The van der Waals surface area contributed by atoms with E-state index in [9.17, 15) is 9.18 Å². The topological polar surface area (TPSA) is 64.7 Å². The first-order valence-electron chi connectivity index (χ1n) is 5.95. The monoisotopic (exact) mass is 250 g/mol. The van der Waals surface area contributed by atoms with E-state index in [0.717, 1.165) is 12.8 Å². The van der Waals surface area contributed by atoms with Gasteiger partial charge >= 0.3 is 5.97 Å². The van der Waals surface area contributed by atoms with Gasteiger partial charge in [0.25, 0.3) is 0 Å². The van der Waals surface area contributed by atoms with Gasteiger partial charge in [-0.3, -0.25) is 0 Å². The van der Waals surface area contributed by atoms with Crippen molar-refractivity contribution >= 4 is 11.8 Å². The van der Waals surface area contributed by atoms with Crippen molar-refractivity contribution < 1.29 is 14.0 Å². The first kappa shape index (κ1) is 12.5. The summed E-state index contributed by atoms with van der Waals surface area (Å²) in [5.74, 6) is -0.409. The Kier molecular flexibility index (Phi) is 3.60. The van der Waals surface area contributed by atoms with Gasteiger partial charge in [-0.2, -0.15) is 0 Å². The quantitative estimate of drug-likeness (QED) is 0.386. The molecule has 2 rings (SSSR count). The molecule has 1 aliphatic carbocycles. The van der Waals surface area contributed by atoms with Crippen molar-refractivity contribution in [2.75, 3.05) is 0 Å². The van der Waals surface area contributed by atoms with E-state index in [1.54, 1.807) is 6.92 Å². The standard InChI is InChI=1S/C13H15FN2O2/c1-2-12(15)16-18-13(17)9-5-6-11(14)10(7-9)8-3-4-8/h5-8H,2-4H2,1H3,(H2,15,16). The molecule has 2 N–H and O–H groups in total. The zero-order chi connectivity index (χ0) is 13.1. The molecule has 0 spiro atoms. The van der Waals surface area contributed by atoms with Gasteiger partial charge in [-0.1, -0.05) is 12.1 Å². The summed E-state index contributed by atoms with van der Waals surface area (Å²) in [7, 11) is 0. The highest BCUT2D eigenvalue weighted by atomic mass is 19.1. The van der Waals surface area contributed by atoms with Crippen LogP contribution in [0.5, 0.6) is 0 Å². The molecule has 0 unspecified atom stereocenters. The second kappa shape index (κ2) is 5.16. The van der Waals surface area contributed by atoms with E-state index in [1.165, 1.54) is 18.2 Å². The van der Waals surface area contributed by atoms with Crippen LogP contribution < -0.4 is 5.73 Å². The summed E-state index contributed by atoms with van der Waals surface area (Å²) in [6, 6.07) is 4.21. The fraction of sp³-hybridized carbons (Fsp3) is 0.385. The zero-order valence-corrected chi connectivity index (χ0v) is 10.1. The summed E-state index contributed by atoms with van der Waals surface area (Å²) in [5, 5.41) is 3.48. The number of benzene rings is 1. The Labute approximate surface area is 105 Å². The summed E-state index contributed by atoms with van der Waals surface area (Å²) >= 11 is 0. The molecular weight excluding hydrogens is 235 g/mol. The highest BCUT2D eigenvalue weighted by molar-refractivity contribution is 5.90. The molecule has 5 heteroatoms. The molecule has 1 aromatic rings. The molecule has 1 saturated carbocycles. The lowest BCUT2D eigenvalue weighted by molar-refractivity contribution is 0.0514. The van der Waals surface area contributed by atoms with Gasteiger partial charge in [-0.05, 0) is 42.5 Å². The minimum Gasteiger partial charge on any atom is -0.384 e. The second-order valence-electron chi connectivity index (χ2n) is 4.33. The maximum absolute atomic E-state index is 13.5. The average molecular weight is 250 g/mol. The van der Waals surface area contributed by atoms with Crippen LogP contribution in [0.15, 0.2) is 23.4 Å². The van der Waals surface area contributed by atoms with Crippen molar-refractivity contribution in [3.05, 3.63) is 35.1 Å². The van der Waals surface area contributed by atoms with Crippen molar-refractivity contribution in [1.82, 2.24) is 0 Å². The summed E-state index contributed by atoms with van der Waals surface area (Å²) in [6.07, 6.45) is 2.44. The summed E-state index contributed by atoms with van der Waals surface area (Å²) in [6.45, 7) is 1.80. The molecule has 0 atom stereocenters. The Morgan fingerprint density at radius 1 is 1.56 bits per heavy atom. The van der Waals surface area contributed by atoms with Crippen molar-refractivity contribution in [2.45, 2.75) is 32.1 Å². The number of amidine groups is 1. The van der Waals surface area contributed by atoms with Crippen LogP contribution in [0.3, 0.4) is 0 Å². The smallest absolute Gasteiger partial charge is 0.365 e. The van der Waals surface area contributed by atoms with Crippen LogP contribution in [0.4, 0.5) is 4.39 Å². The zero-order valence-electron chi connectivity index (χ0n) is 10.1. The Balaban J connectivity index is 2.13. The number of nitrogens with zero attached hydrogens (tertiary/aromatic N) is 1. The molecule has 1 aliphatic rings. The molecule has 0 amide bonds. The van der Waals surface area contributed by atoms with Crippen molar-refractivity contribution in [3.63, 3.8) is 0 Å². The maximum atomic E-state index is 13.5. The fourth-order valence-corrected chi connectivity index (χ4v) is 1.60. The van der Waals surface area contributed by atoms with E-state index in [-0.39, 0.29) is 17.6 Å². The van der Waals surface area contributed by atoms with Crippen LogP contribution in [0.2, 0.25) is 0 Å². The maximum Gasteiger partial charge on any atom is 0.365 e. The third-order valence-electron chi connectivity index (χ3n) is 2.86. The number of hydrogen-bond acceptors (Lipinski definition) is 3. The number of halogens is 1. The number of nitrogens with two attached hydrogens (primary N) is 1. The molecule has 0 heterocycles. The Morgan fingerprint density at radius 2 is 2.28 bits per heavy atom. The number of oxime groups is 1. The molecule has 4 nitrogen and oxygen atoms in total. The minimum atomic E-state index is -0.617. The Morgan fingerprint density at radius 3 is 2.89 bits per heavy atom. The highest BCUT2D eigenvalue weighted by Crippen LogP contribution is 2.41. The van der Waals surface area contributed by atoms with E-state index < -0.39 is 5.97 Å². The summed E-state index contributed by atoms with van der Waals surface area (Å²) in [5.41, 5.74) is 6.30. The molecule has 0 radical (unpaired) electrons. The molecular formula is C13H15FN2O2. The first-order valence-corrected chi connectivity index (χ1v) is 5.95. The Bertz CT molecular complexity index is 496. The van der Waals surface area contributed by atoms with Gasteiger partial charge in [0, 0.05) is 6.42 Å². The molecule has 0 aromatic heterocycles.